The van der Waals surface area contributed by atoms with Gasteiger partial charge >= 0.3 is 18.3 Å². The Morgan fingerprint density at radius 2 is 1.50 bits per heavy atom. The average molecular weight is 1460 g/mol. The molecule has 0 spiro atoms. The van der Waals surface area contributed by atoms with Gasteiger partial charge in [0.2, 0.25) is 17.7 Å². The topological polar surface area (TPSA) is 250 Å². The summed E-state index contributed by atoms with van der Waals surface area (Å²) in [4.78, 5) is 83.4. The van der Waals surface area contributed by atoms with E-state index in [2.05, 4.69) is 36.6 Å². The van der Waals surface area contributed by atoms with Gasteiger partial charge in [0.1, 0.15) is 59.5 Å². The monoisotopic (exact) mass is 1460 g/mol. The lowest BCUT2D eigenvalue weighted by Crippen LogP contribution is -2.58. The molecule has 3 aliphatic rings. The summed E-state index contributed by atoms with van der Waals surface area (Å²) >= 11 is 8.64. The Hall–Kier alpha value is -8.94. The number of pyridine rings is 1. The molecule has 3 saturated heterocycles. The maximum Gasteiger partial charge on any atom is 0.418 e. The van der Waals surface area contributed by atoms with Crippen molar-refractivity contribution in [2.24, 2.45) is 11.3 Å². The van der Waals surface area contributed by atoms with Gasteiger partial charge in [-0.15, -0.1) is 11.3 Å². The predicted octanol–water partition coefficient (Wildman–Crippen LogP) is 12.3. The Balaban J connectivity index is 0.831. The number of fused-ring (bicyclic) bond motifs is 1. The van der Waals surface area contributed by atoms with Crippen molar-refractivity contribution in [3.8, 4) is 45.3 Å². The van der Waals surface area contributed by atoms with E-state index in [4.69, 9.17) is 40.3 Å². The summed E-state index contributed by atoms with van der Waals surface area (Å²) < 4.78 is 93.8. The van der Waals surface area contributed by atoms with Crippen molar-refractivity contribution >= 4 is 69.3 Å². The summed E-state index contributed by atoms with van der Waals surface area (Å²) in [6.07, 6.45) is -5.34. The molecule has 0 bridgehead atoms. The lowest BCUT2D eigenvalue weighted by molar-refractivity contribution is -0.144. The molecule has 28 heteroatoms. The lowest BCUT2D eigenvalue weighted by atomic mass is 9.85. The Bertz CT molecular complexity index is 4150. The minimum absolute atomic E-state index is 0.00513. The second-order valence-electron chi connectivity index (χ2n) is 28.5. The molecule has 103 heavy (non-hydrogen) atoms. The molecule has 550 valence electrons. The number of nitrogens with zero attached hydrogens (tertiary/aromatic N) is 10. The SMILES string of the molecule is COc1ccc(CN(Cc2ccc(OC)cc2)c2cc(C)c(C(F)(F)F)c(-c3c(Cl)cc4c(N5CCN(C(=O)OC(C)(C)C)[C@@H](CC#N)C5)nc(OCCN5CCC(COCC(=O)N[C@H](C(=O)N6C[C@H](O)C[C@H]6C(=O)N[C@@H](C)c6ccc(-c7scnc7C)cc6)C(C)(C)C)CC5)nc4c3F)n2)cc1. The summed E-state index contributed by atoms with van der Waals surface area (Å²) in [6, 6.07) is 23.5. The van der Waals surface area contributed by atoms with Crippen molar-refractivity contribution in [2.45, 2.75) is 143 Å². The van der Waals surface area contributed by atoms with E-state index in [1.54, 1.807) is 71.7 Å². The second-order valence-corrected chi connectivity index (χ2v) is 29.8. The first kappa shape index (κ1) is 76.7. The van der Waals surface area contributed by atoms with Gasteiger partial charge in [-0.05, 0) is 143 Å². The van der Waals surface area contributed by atoms with Crippen molar-refractivity contribution < 1.29 is 65.5 Å². The number of nitrogens with one attached hydrogen (secondary N) is 2. The molecular weight excluding hydrogens is 1370 g/mol. The minimum Gasteiger partial charge on any atom is -0.497 e. The summed E-state index contributed by atoms with van der Waals surface area (Å²) in [5, 5.41) is 26.3. The Morgan fingerprint density at radius 3 is 2.08 bits per heavy atom. The van der Waals surface area contributed by atoms with E-state index in [0.29, 0.717) is 44.0 Å². The number of aryl methyl sites for hydroxylation is 2. The number of amides is 4. The number of rotatable bonds is 24. The highest BCUT2D eigenvalue weighted by molar-refractivity contribution is 7.13. The maximum atomic E-state index is 18.2. The summed E-state index contributed by atoms with van der Waals surface area (Å²) in [5.41, 5.74) is 1.20. The van der Waals surface area contributed by atoms with E-state index in [9.17, 15) is 29.5 Å². The van der Waals surface area contributed by atoms with Crippen LogP contribution < -0.4 is 34.6 Å². The third kappa shape index (κ3) is 18.9. The van der Waals surface area contributed by atoms with Crippen molar-refractivity contribution in [1.82, 2.24) is 45.3 Å². The standard InChI is InChI=1S/C75H89ClF4N12O10S/c1-44-34-59(90(37-47-12-20-54(98-10)21-13-47)38-48-14-22-55(99-11)23-15-48)84-65(62(44)75(78,79)80)61-57(76)36-56-64(63(61)77)86-71(87-68(56)89-30-31-91(52(39-89)24-27-81)72(97)102-74(7,8)9)101-33-32-88-28-25-49(26-29-88)41-100-42-60(94)85-67(73(4,5)6)70(96)92-40-53(93)35-58(92)69(95)83-45(2)50-16-18-51(19-17-50)66-46(3)82-43-103-66/h12-23,34,36,43,45,49,52-53,58,67,93H,24-26,28-33,35,37-42H2,1-11H3,(H,83,95)(H,85,94)/t45-,52-,53+,58-,67+/m0/s1. The molecule has 0 saturated carbocycles. The molecule has 3 aromatic heterocycles. The number of anilines is 2. The molecule has 0 unspecified atom stereocenters. The zero-order valence-electron chi connectivity index (χ0n) is 59.8. The average Bonchev–Trinajstić information content (AvgIpc) is 1.31. The van der Waals surface area contributed by atoms with E-state index in [1.807, 2.05) is 83.1 Å². The first-order valence-electron chi connectivity index (χ1n) is 34.3. The molecule has 5 atom stereocenters. The van der Waals surface area contributed by atoms with Gasteiger partial charge in [0.05, 0.1) is 89.4 Å². The number of hydrogen-bond donors (Lipinski definition) is 3. The van der Waals surface area contributed by atoms with Gasteiger partial charge in [-0.1, -0.05) is 80.9 Å². The zero-order chi connectivity index (χ0) is 74.2. The second kappa shape index (κ2) is 32.8. The molecule has 10 rings (SSSR count). The van der Waals surface area contributed by atoms with Crippen molar-refractivity contribution in [3.05, 3.63) is 135 Å². The van der Waals surface area contributed by atoms with Crippen LogP contribution in [0, 0.1) is 42.3 Å². The Kier molecular flexibility index (Phi) is 24.4. The summed E-state index contributed by atoms with van der Waals surface area (Å²) in [6.45, 7) is 17.6. The largest absolute Gasteiger partial charge is 0.497 e. The molecule has 22 nitrogen and oxygen atoms in total. The molecule has 7 aromatic rings. The smallest absolute Gasteiger partial charge is 0.418 e. The first-order chi connectivity index (χ1) is 48.9. The van der Waals surface area contributed by atoms with Crippen molar-refractivity contribution in [2.75, 3.05) is 89.7 Å². The van der Waals surface area contributed by atoms with Gasteiger partial charge in [0.15, 0.2) is 5.82 Å². The van der Waals surface area contributed by atoms with Crippen LogP contribution in [0.3, 0.4) is 0 Å². The predicted molar refractivity (Wildman–Crippen MR) is 384 cm³/mol. The number of aromatic nitrogens is 4. The fraction of sp³-hybridized carbons (Fsp3) is 0.480. The van der Waals surface area contributed by atoms with Crippen LogP contribution in [-0.4, -0.2) is 173 Å². The molecule has 4 amide bonds. The number of β-amino-alcohol motifs (C(OH)–C–C–N with tert-alkyl or cyclic N) is 1. The number of alkyl halides is 3. The number of halogens is 5. The molecular formula is C75H89ClF4N12O10S. The third-order valence-electron chi connectivity index (χ3n) is 18.7. The highest BCUT2D eigenvalue weighted by atomic mass is 35.5. The van der Waals surface area contributed by atoms with Gasteiger partial charge in [-0.25, -0.2) is 19.2 Å². The van der Waals surface area contributed by atoms with Crippen LogP contribution in [0.4, 0.5) is 34.0 Å². The van der Waals surface area contributed by atoms with Gasteiger partial charge in [-0.3, -0.25) is 19.3 Å². The number of carbonyl (C=O) groups is 4. The Labute approximate surface area is 606 Å². The first-order valence-corrected chi connectivity index (χ1v) is 35.6. The minimum atomic E-state index is -5.05. The highest BCUT2D eigenvalue weighted by Gasteiger charge is 2.46. The van der Waals surface area contributed by atoms with Gasteiger partial charge in [-0.2, -0.15) is 28.4 Å². The van der Waals surface area contributed by atoms with Crippen LogP contribution >= 0.6 is 22.9 Å². The highest BCUT2D eigenvalue weighted by Crippen LogP contribution is 2.46. The van der Waals surface area contributed by atoms with Crippen LogP contribution in [0.1, 0.15) is 114 Å². The number of aliphatic hydroxyl groups is 1. The molecule has 0 aliphatic carbocycles. The van der Waals surface area contributed by atoms with Gasteiger partial charge in [0, 0.05) is 57.6 Å². The van der Waals surface area contributed by atoms with E-state index in [-0.39, 0.29) is 106 Å². The van der Waals surface area contributed by atoms with Crippen molar-refractivity contribution in [3.63, 3.8) is 0 Å². The number of methoxy groups -OCH3 is 2. The van der Waals surface area contributed by atoms with Crippen LogP contribution in [-0.2, 0) is 43.1 Å². The number of benzene rings is 4. The molecule has 3 aliphatic heterocycles. The molecule has 6 heterocycles. The number of ether oxygens (including phenoxy) is 5. The molecule has 4 aromatic carbocycles. The van der Waals surface area contributed by atoms with E-state index >= 15 is 17.6 Å². The van der Waals surface area contributed by atoms with Crippen LogP contribution in [0.25, 0.3) is 32.6 Å². The van der Waals surface area contributed by atoms with E-state index < -0.39 is 104 Å². The fourth-order valence-corrected chi connectivity index (χ4v) is 14.3. The van der Waals surface area contributed by atoms with Crippen LogP contribution in [0.2, 0.25) is 5.02 Å². The van der Waals surface area contributed by atoms with E-state index in [0.717, 1.165) is 32.8 Å². The number of carbonyl (C=O) groups excluding carboxylic acids is 4. The number of nitriles is 1. The molecule has 0 radical (unpaired) electrons. The lowest BCUT2D eigenvalue weighted by Gasteiger charge is -2.41. The number of thiazole rings is 1. The quantitative estimate of drug-likeness (QED) is 0.0476. The Morgan fingerprint density at radius 1 is 0.845 bits per heavy atom. The number of hydrogen-bond acceptors (Lipinski definition) is 19. The van der Waals surface area contributed by atoms with Gasteiger partial charge < -0.3 is 59.0 Å². The van der Waals surface area contributed by atoms with E-state index in [1.165, 1.54) is 43.1 Å². The summed E-state index contributed by atoms with van der Waals surface area (Å²) in [5.74, 6) is -1.21. The van der Waals surface area contributed by atoms with Crippen LogP contribution in [0.5, 0.6) is 17.5 Å². The van der Waals surface area contributed by atoms with Crippen molar-refractivity contribution in [1.29, 1.82) is 5.26 Å². The van der Waals surface area contributed by atoms with Gasteiger partial charge in [0.25, 0.3) is 0 Å². The molecule has 3 fully saturated rings. The number of aliphatic hydroxyl groups excluding tert-OH is 1. The number of likely N-dealkylation sites (tertiary alicyclic amines) is 2. The molecule has 3 N–H and O–H groups in total. The normalized spacial score (nSPS) is 17.6. The number of piperidine rings is 1. The third-order valence-corrected chi connectivity index (χ3v) is 20.0. The maximum absolute atomic E-state index is 18.2. The van der Waals surface area contributed by atoms with Crippen LogP contribution in [0.15, 0.2) is 90.4 Å². The zero-order valence-corrected chi connectivity index (χ0v) is 61.4. The fourth-order valence-electron chi connectivity index (χ4n) is 13.2. The summed E-state index contributed by atoms with van der Waals surface area (Å²) in [7, 11) is 3.08. The number of piperazine rings is 1.